The van der Waals surface area contributed by atoms with Crippen molar-refractivity contribution in [1.29, 1.82) is 0 Å². The van der Waals surface area contributed by atoms with Gasteiger partial charge in [0.25, 0.3) is 0 Å². The average molecular weight is 285 g/mol. The van der Waals surface area contributed by atoms with Crippen molar-refractivity contribution in [2.75, 3.05) is 19.8 Å². The summed E-state index contributed by atoms with van der Waals surface area (Å²) in [6.07, 6.45) is 8.26. The number of carbonyl (C=O) groups is 1. The Labute approximate surface area is 123 Å². The van der Waals surface area contributed by atoms with E-state index in [4.69, 9.17) is 9.47 Å². The molecular formula is C16H31NO3. The topological polar surface area (TPSA) is 47.6 Å². The number of nitrogens with one attached hydrogen (secondary N) is 1. The predicted octanol–water partition coefficient (Wildman–Crippen LogP) is 3.05. The highest BCUT2D eigenvalue weighted by Crippen LogP contribution is 2.21. The van der Waals surface area contributed by atoms with Gasteiger partial charge in [0.1, 0.15) is 5.54 Å². The minimum atomic E-state index is -0.624. The van der Waals surface area contributed by atoms with Crippen LogP contribution in [0.3, 0.4) is 0 Å². The van der Waals surface area contributed by atoms with Crippen LogP contribution >= 0.6 is 0 Å². The van der Waals surface area contributed by atoms with Crippen LogP contribution in [0.2, 0.25) is 0 Å². The second-order valence-corrected chi connectivity index (χ2v) is 5.86. The number of hydrogen-bond donors (Lipinski definition) is 1. The lowest BCUT2D eigenvalue weighted by molar-refractivity contribution is -0.151. The second kappa shape index (κ2) is 9.35. The van der Waals surface area contributed by atoms with Crippen molar-refractivity contribution >= 4 is 5.97 Å². The van der Waals surface area contributed by atoms with E-state index in [1.54, 1.807) is 0 Å². The number of ether oxygens (including phenoxy) is 2. The molecule has 1 N–H and O–H groups in total. The summed E-state index contributed by atoms with van der Waals surface area (Å²) in [5, 5.41) is 3.31. The second-order valence-electron chi connectivity index (χ2n) is 5.86. The maximum absolute atomic E-state index is 12.1. The first kappa shape index (κ1) is 17.4. The number of carbonyl (C=O) groups excluding carboxylic acids is 1. The molecule has 4 heteroatoms. The molecule has 0 heterocycles. The largest absolute Gasteiger partial charge is 0.465 e. The zero-order chi connectivity index (χ0) is 14.8. The fourth-order valence-corrected chi connectivity index (χ4v) is 2.62. The van der Waals surface area contributed by atoms with E-state index in [0.717, 1.165) is 13.0 Å². The quantitative estimate of drug-likeness (QED) is 0.661. The monoisotopic (exact) mass is 285 g/mol. The molecule has 1 saturated carbocycles. The summed E-state index contributed by atoms with van der Waals surface area (Å²) < 4.78 is 11.1. The molecule has 1 aliphatic rings. The summed E-state index contributed by atoms with van der Waals surface area (Å²) >= 11 is 0. The molecular weight excluding hydrogens is 254 g/mol. The fraction of sp³-hybridized carbons (Fsp3) is 0.938. The minimum Gasteiger partial charge on any atom is -0.465 e. The van der Waals surface area contributed by atoms with E-state index in [1.807, 2.05) is 13.8 Å². The smallest absolute Gasteiger partial charge is 0.326 e. The van der Waals surface area contributed by atoms with Gasteiger partial charge in [-0.05, 0) is 46.1 Å². The summed E-state index contributed by atoms with van der Waals surface area (Å²) in [4.78, 5) is 12.1. The van der Waals surface area contributed by atoms with Crippen LogP contribution in [0.15, 0.2) is 0 Å². The normalized spacial score (nSPS) is 19.6. The van der Waals surface area contributed by atoms with Gasteiger partial charge < -0.3 is 14.8 Å². The van der Waals surface area contributed by atoms with Gasteiger partial charge in [0, 0.05) is 6.61 Å². The highest BCUT2D eigenvalue weighted by Gasteiger charge is 2.34. The lowest BCUT2D eigenvalue weighted by atomic mass is 9.96. The zero-order valence-corrected chi connectivity index (χ0v) is 13.4. The molecule has 0 aliphatic heterocycles. The van der Waals surface area contributed by atoms with Crippen LogP contribution in [-0.2, 0) is 14.3 Å². The van der Waals surface area contributed by atoms with E-state index in [0.29, 0.717) is 25.7 Å². The SMILES string of the molecule is CCCNC(C)(CCOC1CCCCC1)C(=O)OCC. The third-order valence-electron chi connectivity index (χ3n) is 4.00. The Morgan fingerprint density at radius 1 is 1.25 bits per heavy atom. The molecule has 0 bridgehead atoms. The van der Waals surface area contributed by atoms with Crippen molar-refractivity contribution in [2.24, 2.45) is 0 Å². The molecule has 4 nitrogen and oxygen atoms in total. The van der Waals surface area contributed by atoms with Gasteiger partial charge in [-0.15, -0.1) is 0 Å². The van der Waals surface area contributed by atoms with Gasteiger partial charge in [-0.2, -0.15) is 0 Å². The summed E-state index contributed by atoms with van der Waals surface area (Å²) in [5.41, 5.74) is -0.624. The van der Waals surface area contributed by atoms with E-state index in [9.17, 15) is 4.79 Å². The molecule has 0 spiro atoms. The average Bonchev–Trinajstić information content (AvgIpc) is 2.46. The van der Waals surface area contributed by atoms with Gasteiger partial charge in [-0.1, -0.05) is 26.2 Å². The molecule has 1 unspecified atom stereocenters. The standard InChI is InChI=1S/C16H31NO3/c1-4-12-17-16(3,15(18)19-5-2)11-13-20-14-9-7-6-8-10-14/h14,17H,4-13H2,1-3H3. The Kier molecular flexibility index (Phi) is 8.15. The number of esters is 1. The highest BCUT2D eigenvalue weighted by atomic mass is 16.5. The Morgan fingerprint density at radius 3 is 2.55 bits per heavy atom. The van der Waals surface area contributed by atoms with Crippen LogP contribution in [0, 0.1) is 0 Å². The number of rotatable bonds is 9. The molecule has 0 aromatic heterocycles. The molecule has 0 amide bonds. The Balaban J connectivity index is 2.40. The van der Waals surface area contributed by atoms with Crippen molar-refractivity contribution in [1.82, 2.24) is 5.32 Å². The van der Waals surface area contributed by atoms with E-state index in [2.05, 4.69) is 12.2 Å². The van der Waals surface area contributed by atoms with Crippen LogP contribution in [0.25, 0.3) is 0 Å². The molecule has 0 aromatic rings. The summed E-state index contributed by atoms with van der Waals surface area (Å²) in [6, 6.07) is 0. The predicted molar refractivity (Wildman–Crippen MR) is 80.8 cm³/mol. The third kappa shape index (κ3) is 5.80. The van der Waals surface area contributed by atoms with E-state index in [1.165, 1.54) is 32.1 Å². The molecule has 1 fully saturated rings. The highest BCUT2D eigenvalue weighted by molar-refractivity contribution is 5.80. The van der Waals surface area contributed by atoms with Crippen molar-refractivity contribution < 1.29 is 14.3 Å². The first-order valence-corrected chi connectivity index (χ1v) is 8.16. The number of hydrogen-bond acceptors (Lipinski definition) is 4. The molecule has 1 rings (SSSR count). The van der Waals surface area contributed by atoms with Crippen LogP contribution < -0.4 is 5.32 Å². The van der Waals surface area contributed by atoms with E-state index >= 15 is 0 Å². The lowest BCUT2D eigenvalue weighted by Gasteiger charge is -2.30. The van der Waals surface area contributed by atoms with Gasteiger partial charge >= 0.3 is 5.97 Å². The fourth-order valence-electron chi connectivity index (χ4n) is 2.62. The Morgan fingerprint density at radius 2 is 1.95 bits per heavy atom. The van der Waals surface area contributed by atoms with Crippen molar-refractivity contribution in [2.45, 2.75) is 77.4 Å². The molecule has 20 heavy (non-hydrogen) atoms. The van der Waals surface area contributed by atoms with Gasteiger partial charge in [-0.3, -0.25) is 4.79 Å². The van der Waals surface area contributed by atoms with Crippen LogP contribution in [0.5, 0.6) is 0 Å². The molecule has 1 atom stereocenters. The van der Waals surface area contributed by atoms with Crippen LogP contribution in [0.1, 0.15) is 65.7 Å². The maximum Gasteiger partial charge on any atom is 0.326 e. The van der Waals surface area contributed by atoms with E-state index < -0.39 is 5.54 Å². The van der Waals surface area contributed by atoms with Gasteiger partial charge in [0.2, 0.25) is 0 Å². The molecule has 0 saturated heterocycles. The Bertz CT molecular complexity index is 277. The first-order valence-electron chi connectivity index (χ1n) is 8.16. The van der Waals surface area contributed by atoms with Crippen LogP contribution in [-0.4, -0.2) is 37.4 Å². The summed E-state index contributed by atoms with van der Waals surface area (Å²) in [6.45, 7) is 7.72. The first-order chi connectivity index (χ1) is 9.62. The maximum atomic E-state index is 12.1. The van der Waals surface area contributed by atoms with Gasteiger partial charge in [0.05, 0.1) is 12.7 Å². The van der Waals surface area contributed by atoms with Crippen LogP contribution in [0.4, 0.5) is 0 Å². The zero-order valence-electron chi connectivity index (χ0n) is 13.4. The molecule has 118 valence electrons. The lowest BCUT2D eigenvalue weighted by Crippen LogP contribution is -2.51. The van der Waals surface area contributed by atoms with Crippen molar-refractivity contribution in [3.63, 3.8) is 0 Å². The Hall–Kier alpha value is -0.610. The van der Waals surface area contributed by atoms with Gasteiger partial charge in [0.15, 0.2) is 0 Å². The van der Waals surface area contributed by atoms with Crippen molar-refractivity contribution in [3.05, 3.63) is 0 Å². The summed E-state index contributed by atoms with van der Waals surface area (Å²) in [5.74, 6) is -0.166. The van der Waals surface area contributed by atoms with E-state index in [-0.39, 0.29) is 5.97 Å². The molecule has 0 radical (unpaired) electrons. The molecule has 0 aromatic carbocycles. The third-order valence-corrected chi connectivity index (χ3v) is 4.00. The minimum absolute atomic E-state index is 0.166. The van der Waals surface area contributed by atoms with Gasteiger partial charge in [-0.25, -0.2) is 0 Å². The molecule has 1 aliphatic carbocycles. The summed E-state index contributed by atoms with van der Waals surface area (Å²) in [7, 11) is 0. The van der Waals surface area contributed by atoms with Crippen molar-refractivity contribution in [3.8, 4) is 0 Å².